The number of aromatic nitrogens is 1. The zero-order chi connectivity index (χ0) is 15.6. The predicted molar refractivity (Wildman–Crippen MR) is 83.0 cm³/mol. The molecule has 1 aliphatic rings. The average Bonchev–Trinajstić information content (AvgIpc) is 2.39. The Balaban J connectivity index is 2.25. The maximum absolute atomic E-state index is 13.6. The minimum absolute atomic E-state index is 0.0203. The zero-order valence-electron chi connectivity index (χ0n) is 13.6. The summed E-state index contributed by atoms with van der Waals surface area (Å²) in [7, 11) is 0. The molecule has 0 spiro atoms. The fourth-order valence-corrected chi connectivity index (χ4v) is 2.42. The summed E-state index contributed by atoms with van der Waals surface area (Å²) in [4.78, 5) is 6.56. The number of rotatable bonds is 3. The molecule has 1 aromatic heterocycles. The number of pyridine rings is 1. The lowest BCUT2D eigenvalue weighted by Crippen LogP contribution is -2.48. The number of nitrogens with one attached hydrogen (secondary N) is 1. The van der Waals surface area contributed by atoms with Gasteiger partial charge in [0.25, 0.3) is 0 Å². The first-order valence-electron chi connectivity index (χ1n) is 7.54. The molecule has 1 saturated heterocycles. The van der Waals surface area contributed by atoms with E-state index in [0.29, 0.717) is 13.2 Å². The molecule has 2 unspecified atom stereocenters. The maximum Gasteiger partial charge on any atom is 0.141 e. The predicted octanol–water partition coefficient (Wildman–Crippen LogP) is 2.72. The van der Waals surface area contributed by atoms with Crippen LogP contribution in [0.25, 0.3) is 0 Å². The normalized spacial score (nSPS) is 23.4. The fourth-order valence-electron chi connectivity index (χ4n) is 2.42. The summed E-state index contributed by atoms with van der Waals surface area (Å²) < 4.78 is 19.2. The molecule has 1 N–H and O–H groups in total. The number of hydrogen-bond donors (Lipinski definition) is 1. The van der Waals surface area contributed by atoms with Gasteiger partial charge in [0, 0.05) is 24.2 Å². The van der Waals surface area contributed by atoms with E-state index in [1.54, 1.807) is 6.07 Å². The van der Waals surface area contributed by atoms with Gasteiger partial charge in [0.2, 0.25) is 0 Å². The molecule has 1 aliphatic heterocycles. The van der Waals surface area contributed by atoms with Gasteiger partial charge in [0.05, 0.1) is 24.9 Å². The summed E-state index contributed by atoms with van der Waals surface area (Å²) in [6.07, 6.45) is 1.46. The second-order valence-electron chi connectivity index (χ2n) is 6.89. The van der Waals surface area contributed by atoms with Crippen LogP contribution >= 0.6 is 0 Å². The third-order valence-electron chi connectivity index (χ3n) is 3.60. The van der Waals surface area contributed by atoms with Crippen molar-refractivity contribution in [2.45, 2.75) is 58.8 Å². The van der Waals surface area contributed by atoms with Crippen LogP contribution in [-0.4, -0.2) is 35.8 Å². The van der Waals surface area contributed by atoms with E-state index in [-0.39, 0.29) is 23.5 Å². The molecule has 1 aromatic rings. The Morgan fingerprint density at radius 3 is 2.81 bits per heavy atom. The topological polar surface area (TPSA) is 37.4 Å². The Morgan fingerprint density at radius 1 is 1.43 bits per heavy atom. The molecule has 4 nitrogen and oxygen atoms in total. The van der Waals surface area contributed by atoms with Gasteiger partial charge in [0.1, 0.15) is 11.6 Å². The van der Waals surface area contributed by atoms with E-state index >= 15 is 0 Å². The van der Waals surface area contributed by atoms with Crippen LogP contribution < -0.4 is 10.2 Å². The van der Waals surface area contributed by atoms with E-state index in [4.69, 9.17) is 4.74 Å². The van der Waals surface area contributed by atoms with Crippen LogP contribution in [0.4, 0.5) is 10.2 Å². The van der Waals surface area contributed by atoms with Crippen molar-refractivity contribution in [1.29, 1.82) is 0 Å². The molecule has 0 amide bonds. The van der Waals surface area contributed by atoms with Crippen LogP contribution in [0, 0.1) is 5.82 Å². The molecular weight excluding hydrogens is 269 g/mol. The van der Waals surface area contributed by atoms with E-state index in [1.165, 1.54) is 6.20 Å². The van der Waals surface area contributed by atoms with E-state index in [0.717, 1.165) is 17.9 Å². The molecule has 0 saturated carbocycles. The first-order valence-corrected chi connectivity index (χ1v) is 7.54. The number of halogens is 1. The van der Waals surface area contributed by atoms with Crippen molar-refractivity contribution in [3.63, 3.8) is 0 Å². The number of morpholine rings is 1. The van der Waals surface area contributed by atoms with Gasteiger partial charge in [-0.3, -0.25) is 0 Å². The van der Waals surface area contributed by atoms with Crippen molar-refractivity contribution in [2.75, 3.05) is 18.1 Å². The van der Waals surface area contributed by atoms with Crippen molar-refractivity contribution in [1.82, 2.24) is 10.3 Å². The monoisotopic (exact) mass is 295 g/mol. The summed E-state index contributed by atoms with van der Waals surface area (Å²) in [5.74, 6) is 0.564. The molecule has 5 heteroatoms. The molecule has 0 aromatic carbocycles. The zero-order valence-corrected chi connectivity index (χ0v) is 13.6. The largest absolute Gasteiger partial charge is 0.375 e. The number of nitrogens with zero attached hydrogens (tertiary/aromatic N) is 2. The van der Waals surface area contributed by atoms with Crippen LogP contribution in [0.15, 0.2) is 12.3 Å². The molecule has 2 heterocycles. The molecule has 118 valence electrons. The van der Waals surface area contributed by atoms with Crippen molar-refractivity contribution in [3.8, 4) is 0 Å². The standard InChI is InChI=1S/C16H26FN3O/c1-11-10-21-12(2)9-20(11)15-13(6-14(17)8-18-15)7-19-16(3,4)5/h6,8,11-12,19H,7,9-10H2,1-5H3. The third-order valence-corrected chi connectivity index (χ3v) is 3.60. The highest BCUT2D eigenvalue weighted by Gasteiger charge is 2.26. The Morgan fingerprint density at radius 2 is 2.14 bits per heavy atom. The van der Waals surface area contributed by atoms with Crippen LogP contribution in [0.1, 0.15) is 40.2 Å². The first-order chi connectivity index (χ1) is 9.76. The molecule has 0 radical (unpaired) electrons. The fraction of sp³-hybridized carbons (Fsp3) is 0.688. The summed E-state index contributed by atoms with van der Waals surface area (Å²) in [5.41, 5.74) is 0.874. The smallest absolute Gasteiger partial charge is 0.141 e. The van der Waals surface area contributed by atoms with Gasteiger partial charge >= 0.3 is 0 Å². The van der Waals surface area contributed by atoms with Gasteiger partial charge in [-0.2, -0.15) is 0 Å². The Bertz CT molecular complexity index is 487. The van der Waals surface area contributed by atoms with Gasteiger partial charge in [-0.05, 0) is 40.7 Å². The average molecular weight is 295 g/mol. The van der Waals surface area contributed by atoms with Gasteiger partial charge in [0.15, 0.2) is 0 Å². The van der Waals surface area contributed by atoms with E-state index in [2.05, 4.69) is 49.8 Å². The lowest BCUT2D eigenvalue weighted by atomic mass is 10.1. The second kappa shape index (κ2) is 6.28. The summed E-state index contributed by atoms with van der Waals surface area (Å²) in [6.45, 7) is 12.5. The number of anilines is 1. The van der Waals surface area contributed by atoms with Crippen molar-refractivity contribution < 1.29 is 9.13 Å². The van der Waals surface area contributed by atoms with Gasteiger partial charge in [-0.15, -0.1) is 0 Å². The second-order valence-corrected chi connectivity index (χ2v) is 6.89. The van der Waals surface area contributed by atoms with Gasteiger partial charge < -0.3 is 15.0 Å². The van der Waals surface area contributed by atoms with Gasteiger partial charge in [-0.25, -0.2) is 9.37 Å². The third kappa shape index (κ3) is 4.38. The lowest BCUT2D eigenvalue weighted by Gasteiger charge is -2.38. The quantitative estimate of drug-likeness (QED) is 0.930. The molecule has 2 rings (SSSR count). The maximum atomic E-state index is 13.6. The Kier molecular flexibility index (Phi) is 4.84. The molecule has 1 fully saturated rings. The number of hydrogen-bond acceptors (Lipinski definition) is 4. The Labute approximate surface area is 126 Å². The van der Waals surface area contributed by atoms with E-state index in [9.17, 15) is 4.39 Å². The van der Waals surface area contributed by atoms with E-state index in [1.807, 2.05) is 0 Å². The lowest BCUT2D eigenvalue weighted by molar-refractivity contribution is 0.0339. The minimum Gasteiger partial charge on any atom is -0.375 e. The molecule has 21 heavy (non-hydrogen) atoms. The highest BCUT2D eigenvalue weighted by molar-refractivity contribution is 5.48. The van der Waals surface area contributed by atoms with Crippen LogP contribution in [0.3, 0.4) is 0 Å². The summed E-state index contributed by atoms with van der Waals surface area (Å²) in [6, 6.07) is 1.82. The number of ether oxygens (including phenoxy) is 1. The SMILES string of the molecule is CC1CN(c2ncc(F)cc2CNC(C)(C)C)C(C)CO1. The Hall–Kier alpha value is -1.20. The molecule has 0 aliphatic carbocycles. The highest BCUT2D eigenvalue weighted by atomic mass is 19.1. The molecule has 0 bridgehead atoms. The highest BCUT2D eigenvalue weighted by Crippen LogP contribution is 2.24. The van der Waals surface area contributed by atoms with Crippen LogP contribution in [0.5, 0.6) is 0 Å². The van der Waals surface area contributed by atoms with Crippen molar-refractivity contribution in [3.05, 3.63) is 23.6 Å². The van der Waals surface area contributed by atoms with Crippen LogP contribution in [-0.2, 0) is 11.3 Å². The van der Waals surface area contributed by atoms with Crippen LogP contribution in [0.2, 0.25) is 0 Å². The molecular formula is C16H26FN3O. The summed E-state index contributed by atoms with van der Waals surface area (Å²) in [5, 5.41) is 3.41. The van der Waals surface area contributed by atoms with Crippen molar-refractivity contribution >= 4 is 5.82 Å². The van der Waals surface area contributed by atoms with Gasteiger partial charge in [-0.1, -0.05) is 0 Å². The summed E-state index contributed by atoms with van der Waals surface area (Å²) >= 11 is 0. The van der Waals surface area contributed by atoms with E-state index < -0.39 is 0 Å². The van der Waals surface area contributed by atoms with Crippen molar-refractivity contribution in [2.24, 2.45) is 0 Å². The molecule has 2 atom stereocenters. The first kappa shape index (κ1) is 16.2. The minimum atomic E-state index is -0.293.